The van der Waals surface area contributed by atoms with Crippen LogP contribution in [0.25, 0.3) is 11.1 Å². The highest BCUT2D eigenvalue weighted by atomic mass is 19.1. The van der Waals surface area contributed by atoms with Crippen molar-refractivity contribution in [1.29, 1.82) is 0 Å². The first-order chi connectivity index (χ1) is 9.52. The Morgan fingerprint density at radius 2 is 1.65 bits per heavy atom. The van der Waals surface area contributed by atoms with E-state index in [9.17, 15) is 13.2 Å². The fourth-order valence-corrected chi connectivity index (χ4v) is 2.12. The van der Waals surface area contributed by atoms with E-state index in [0.717, 1.165) is 17.7 Å². The third-order valence-corrected chi connectivity index (χ3v) is 3.16. The highest BCUT2D eigenvalue weighted by molar-refractivity contribution is 5.69. The number of hydrogen-bond acceptors (Lipinski definition) is 1. The molecule has 0 saturated carbocycles. The number of rotatable bonds is 4. The van der Waals surface area contributed by atoms with Gasteiger partial charge >= 0.3 is 0 Å². The minimum absolute atomic E-state index is 0.178. The summed E-state index contributed by atoms with van der Waals surface area (Å²) in [6.07, 6.45) is 0. The molecule has 2 aromatic carbocycles. The zero-order valence-electron chi connectivity index (χ0n) is 11.4. The van der Waals surface area contributed by atoms with Gasteiger partial charge in [0, 0.05) is 18.7 Å². The topological polar surface area (TPSA) is 12.0 Å². The molecule has 0 spiro atoms. The van der Waals surface area contributed by atoms with E-state index in [0.29, 0.717) is 24.2 Å². The zero-order chi connectivity index (χ0) is 14.7. The Labute approximate surface area is 116 Å². The summed E-state index contributed by atoms with van der Waals surface area (Å²) in [4.78, 5) is 0. The van der Waals surface area contributed by atoms with Crippen molar-refractivity contribution in [1.82, 2.24) is 5.32 Å². The smallest absolute Gasteiger partial charge is 0.136 e. The molecular formula is C16H16F3N. The summed E-state index contributed by atoms with van der Waals surface area (Å²) in [5.74, 6) is -2.68. The van der Waals surface area contributed by atoms with E-state index in [1.165, 1.54) is 0 Å². The van der Waals surface area contributed by atoms with Crippen LogP contribution in [0.2, 0.25) is 0 Å². The zero-order valence-corrected chi connectivity index (χ0v) is 11.4. The van der Waals surface area contributed by atoms with Crippen LogP contribution in [0.15, 0.2) is 30.3 Å². The monoisotopic (exact) mass is 279 g/mol. The molecule has 1 N–H and O–H groups in total. The van der Waals surface area contributed by atoms with Crippen molar-refractivity contribution >= 4 is 0 Å². The molecule has 0 aliphatic rings. The van der Waals surface area contributed by atoms with Crippen molar-refractivity contribution < 1.29 is 13.2 Å². The molecule has 0 heterocycles. The molecule has 0 aliphatic heterocycles. The van der Waals surface area contributed by atoms with Crippen LogP contribution in [-0.4, -0.2) is 6.54 Å². The second-order valence-electron chi connectivity index (χ2n) is 4.67. The SMILES string of the molecule is CCNCc1ccc(C)c(-c2c(F)cc(F)cc2F)c1. The molecule has 4 heteroatoms. The average Bonchev–Trinajstić information content (AvgIpc) is 2.38. The molecule has 0 aliphatic carbocycles. The van der Waals surface area contributed by atoms with Crippen molar-refractivity contribution in [2.75, 3.05) is 6.54 Å². The normalized spacial score (nSPS) is 10.8. The maximum atomic E-state index is 13.9. The van der Waals surface area contributed by atoms with Gasteiger partial charge in [0.15, 0.2) is 0 Å². The molecule has 106 valence electrons. The summed E-state index contributed by atoms with van der Waals surface area (Å²) >= 11 is 0. The summed E-state index contributed by atoms with van der Waals surface area (Å²) < 4.78 is 40.7. The number of halogens is 3. The summed E-state index contributed by atoms with van der Waals surface area (Å²) in [6, 6.07) is 6.85. The molecule has 2 rings (SSSR count). The van der Waals surface area contributed by atoms with E-state index in [2.05, 4.69) is 5.32 Å². The Kier molecular flexibility index (Phi) is 4.45. The largest absolute Gasteiger partial charge is 0.313 e. The predicted octanol–water partition coefficient (Wildman–Crippen LogP) is 4.19. The molecule has 0 saturated heterocycles. The summed E-state index contributed by atoms with van der Waals surface area (Å²) in [6.45, 7) is 5.18. The first kappa shape index (κ1) is 14.6. The van der Waals surface area contributed by atoms with E-state index < -0.39 is 17.5 Å². The Morgan fingerprint density at radius 3 is 2.25 bits per heavy atom. The molecule has 0 bridgehead atoms. The van der Waals surface area contributed by atoms with E-state index >= 15 is 0 Å². The first-order valence-electron chi connectivity index (χ1n) is 6.48. The van der Waals surface area contributed by atoms with Gasteiger partial charge in [-0.2, -0.15) is 0 Å². The van der Waals surface area contributed by atoms with Gasteiger partial charge in [-0.15, -0.1) is 0 Å². The Balaban J connectivity index is 2.51. The van der Waals surface area contributed by atoms with Gasteiger partial charge in [0.2, 0.25) is 0 Å². The van der Waals surface area contributed by atoms with E-state index in [1.54, 1.807) is 13.0 Å². The van der Waals surface area contributed by atoms with Crippen LogP contribution in [0.4, 0.5) is 13.2 Å². The van der Waals surface area contributed by atoms with E-state index in [4.69, 9.17) is 0 Å². The number of hydrogen-bond donors (Lipinski definition) is 1. The van der Waals surface area contributed by atoms with Crippen LogP contribution in [0.1, 0.15) is 18.1 Å². The van der Waals surface area contributed by atoms with E-state index in [-0.39, 0.29) is 5.56 Å². The third kappa shape index (κ3) is 3.02. The van der Waals surface area contributed by atoms with Crippen LogP contribution < -0.4 is 5.32 Å². The maximum absolute atomic E-state index is 13.9. The van der Waals surface area contributed by atoms with Gasteiger partial charge in [-0.05, 0) is 36.2 Å². The molecule has 0 atom stereocenters. The summed E-state index contributed by atoms with van der Waals surface area (Å²) in [7, 11) is 0. The maximum Gasteiger partial charge on any atom is 0.136 e. The summed E-state index contributed by atoms with van der Waals surface area (Å²) in [5.41, 5.74) is 1.95. The third-order valence-electron chi connectivity index (χ3n) is 3.16. The fraction of sp³-hybridized carbons (Fsp3) is 0.250. The Hall–Kier alpha value is -1.81. The second-order valence-corrected chi connectivity index (χ2v) is 4.67. The molecular weight excluding hydrogens is 263 g/mol. The van der Waals surface area contributed by atoms with Crippen molar-refractivity contribution in [3.63, 3.8) is 0 Å². The highest BCUT2D eigenvalue weighted by Gasteiger charge is 2.15. The Morgan fingerprint density at radius 1 is 1.00 bits per heavy atom. The molecule has 2 aromatic rings. The van der Waals surface area contributed by atoms with Crippen molar-refractivity contribution in [3.05, 3.63) is 58.9 Å². The molecule has 0 amide bonds. The lowest BCUT2D eigenvalue weighted by atomic mass is 9.97. The van der Waals surface area contributed by atoms with Crippen molar-refractivity contribution in [3.8, 4) is 11.1 Å². The average molecular weight is 279 g/mol. The minimum Gasteiger partial charge on any atom is -0.313 e. The number of nitrogens with one attached hydrogen (secondary N) is 1. The van der Waals surface area contributed by atoms with Crippen molar-refractivity contribution in [2.24, 2.45) is 0 Å². The summed E-state index contributed by atoms with van der Waals surface area (Å²) in [5, 5.41) is 3.15. The van der Waals surface area contributed by atoms with Gasteiger partial charge in [0.05, 0.1) is 5.56 Å². The quantitative estimate of drug-likeness (QED) is 0.885. The van der Waals surface area contributed by atoms with E-state index in [1.807, 2.05) is 19.1 Å². The van der Waals surface area contributed by atoms with Crippen LogP contribution >= 0.6 is 0 Å². The number of benzene rings is 2. The fourth-order valence-electron chi connectivity index (χ4n) is 2.12. The van der Waals surface area contributed by atoms with Gasteiger partial charge in [0.25, 0.3) is 0 Å². The molecule has 0 aromatic heterocycles. The van der Waals surface area contributed by atoms with Crippen LogP contribution in [0, 0.1) is 24.4 Å². The standard InChI is InChI=1S/C16H16F3N/c1-3-20-9-11-5-4-10(2)13(6-11)16-14(18)7-12(17)8-15(16)19/h4-8,20H,3,9H2,1-2H3. The van der Waals surface area contributed by atoms with Crippen LogP contribution in [0.5, 0.6) is 0 Å². The van der Waals surface area contributed by atoms with Gasteiger partial charge < -0.3 is 5.32 Å². The van der Waals surface area contributed by atoms with Gasteiger partial charge in [0.1, 0.15) is 17.5 Å². The highest BCUT2D eigenvalue weighted by Crippen LogP contribution is 2.30. The lowest BCUT2D eigenvalue weighted by Crippen LogP contribution is -2.11. The molecule has 1 nitrogen and oxygen atoms in total. The lowest BCUT2D eigenvalue weighted by molar-refractivity contribution is 0.548. The van der Waals surface area contributed by atoms with Gasteiger partial charge in [-0.25, -0.2) is 13.2 Å². The second kappa shape index (κ2) is 6.09. The molecule has 0 fully saturated rings. The predicted molar refractivity (Wildman–Crippen MR) is 73.9 cm³/mol. The van der Waals surface area contributed by atoms with Gasteiger partial charge in [-0.3, -0.25) is 0 Å². The molecule has 0 radical (unpaired) electrons. The van der Waals surface area contributed by atoms with Crippen molar-refractivity contribution in [2.45, 2.75) is 20.4 Å². The first-order valence-corrected chi connectivity index (χ1v) is 6.48. The van der Waals surface area contributed by atoms with Gasteiger partial charge in [-0.1, -0.05) is 19.1 Å². The van der Waals surface area contributed by atoms with Crippen LogP contribution in [-0.2, 0) is 6.54 Å². The minimum atomic E-state index is -0.912. The molecule has 20 heavy (non-hydrogen) atoms. The van der Waals surface area contributed by atoms with Crippen LogP contribution in [0.3, 0.4) is 0 Å². The Bertz CT molecular complexity index is 600. The lowest BCUT2D eigenvalue weighted by Gasteiger charge is -2.11. The molecule has 0 unspecified atom stereocenters. The number of aryl methyl sites for hydroxylation is 1.